The van der Waals surface area contributed by atoms with Crippen molar-refractivity contribution in [3.63, 3.8) is 0 Å². The normalized spacial score (nSPS) is 37.5. The number of amides is 5. The van der Waals surface area contributed by atoms with Crippen LogP contribution in [0.4, 0.5) is 22.8 Å². The van der Waals surface area contributed by atoms with Gasteiger partial charge in [-0.1, -0.05) is 126 Å². The zero-order valence-corrected chi connectivity index (χ0v) is 59.7. The van der Waals surface area contributed by atoms with Crippen molar-refractivity contribution in [2.75, 3.05) is 39.3 Å². The number of carbonyl (C=O) groups is 7. The van der Waals surface area contributed by atoms with Crippen LogP contribution < -0.4 is 26.6 Å². The van der Waals surface area contributed by atoms with Gasteiger partial charge in [0.2, 0.25) is 11.8 Å². The molecule has 0 radical (unpaired) electrons. The quantitative estimate of drug-likeness (QED) is 0.0881. The number of nitrogens with one attached hydrogen (secondary N) is 5. The van der Waals surface area contributed by atoms with Crippen LogP contribution in [0.2, 0.25) is 0 Å². The largest absolute Gasteiger partial charge is 0.471 e. The van der Waals surface area contributed by atoms with Crippen LogP contribution >= 0.6 is 0 Å². The molecule has 100 heavy (non-hydrogen) atoms. The Morgan fingerprint density at radius 1 is 0.600 bits per heavy atom. The van der Waals surface area contributed by atoms with Gasteiger partial charge in [-0.15, -0.1) is 0 Å². The Kier molecular flexibility index (Phi) is 20.5. The minimum absolute atomic E-state index is 0.00925. The van der Waals surface area contributed by atoms with E-state index >= 15 is 0 Å². The molecular weight excluding hydrogens is 1280 g/mol. The van der Waals surface area contributed by atoms with E-state index in [0.29, 0.717) is 126 Å². The predicted molar refractivity (Wildman–Crippen MR) is 371 cm³/mol. The number of hydrogen-bond acceptors (Lipinski definition) is 12. The molecule has 2 aromatic carbocycles. The van der Waals surface area contributed by atoms with E-state index in [4.69, 9.17) is 18.9 Å². The van der Waals surface area contributed by atoms with E-state index in [-0.39, 0.29) is 95.0 Å². The maximum absolute atomic E-state index is 14.6. The highest BCUT2D eigenvalue weighted by atomic mass is 19.4. The monoisotopic (exact) mass is 1380 g/mol. The van der Waals surface area contributed by atoms with Gasteiger partial charge in [-0.05, 0) is 179 Å². The molecule has 5 N–H and O–H groups in total. The highest BCUT2D eigenvalue weighted by Crippen LogP contribution is 2.66. The number of aryl methyl sites for hydroxylation is 2. The standard InChI is InChI=1S/C41H52F3N3O6.C39H53N3O5/c1-23-20-31-35(47(22-23)37(50)41(42,43)44)25(3)40(53-31)17-15-29-30-12-11-27-21-28(14-16-39(27,4)34(30)36(49)33(29)24(40)2)52-38(51)46-19-18-45-32(48)13-10-26-8-6-5-7-9-26;1-23-20-31-35(42-22-23)25(3)39(47-31)17-15-29-30-12-11-27-21-28(14-16-38(27,4)34(30)36(44)33(29)24(39)2)46-37(45)41-19-18-40-32(43)13-10-26-8-6-5-7-9-26/h5-9,11,23,25,28-31,34-35H,10,12-22H2,1-4H3,(H,45,48)(H,46,51);5-9,11,23,25,28-31,34-35,42H,10,12-22H2,1-4H3,(H,40,43)(H,41,45)/t23-,25+,28-,29-,30-,31+,34+,35-,39-,40?;23-,25+,28-,29-,30-,31+,34+,35-,38-,39?/m00/s1. The van der Waals surface area contributed by atoms with E-state index in [1.54, 1.807) is 0 Å². The molecule has 14 rings (SSSR count). The van der Waals surface area contributed by atoms with Gasteiger partial charge in [0.25, 0.3) is 0 Å². The predicted octanol–water partition coefficient (Wildman–Crippen LogP) is 12.1. The Morgan fingerprint density at radius 2 is 1.05 bits per heavy atom. The average molecular weight is 1380 g/mol. The number of ether oxygens (including phenoxy) is 4. The number of allylic oxidation sites excluding steroid dienone is 4. The molecule has 0 bridgehead atoms. The SMILES string of the molecule is CC1=C2C(=O)[C@H]3[C@@H](CC=C4C[C@@H](OC(=O)NCCNC(=O)CCc5ccccc5)CC[C@@]43C)[C@@H]2CCC12O[C@@H]1C[C@H](C)CN(C(=O)C(F)(F)F)[C@H]1[C@H]2C.CC1=C2C(=O)[C@H]3[C@@H](CC=C4C[C@@H](OC(=O)NCCNC(=O)CCc5ccccc5)CC[C@@]43C)[C@@H]2CCC12O[C@@H]1C[C@H](C)CN[C@H]1[C@H]2C. The molecule has 2 spiro atoms. The van der Waals surface area contributed by atoms with E-state index in [1.165, 1.54) is 11.1 Å². The molecule has 4 saturated carbocycles. The number of likely N-dealkylation sites (tertiary alicyclic amines) is 1. The number of hydrogen-bond donors (Lipinski definition) is 5. The fourth-order valence-corrected chi connectivity index (χ4v) is 21.8. The number of piperidine rings is 2. The molecule has 12 aliphatic rings. The highest BCUT2D eigenvalue weighted by molar-refractivity contribution is 6.03. The first kappa shape index (κ1) is 71.7. The van der Waals surface area contributed by atoms with E-state index < -0.39 is 47.9 Å². The molecule has 4 saturated heterocycles. The van der Waals surface area contributed by atoms with Crippen molar-refractivity contribution in [2.24, 2.45) is 70.0 Å². The van der Waals surface area contributed by atoms with Gasteiger partial charge in [-0.25, -0.2) is 9.59 Å². The van der Waals surface area contributed by atoms with Gasteiger partial charge in [-0.3, -0.25) is 24.0 Å². The first-order valence-electron chi connectivity index (χ1n) is 37.6. The third kappa shape index (κ3) is 13.4. The maximum atomic E-state index is 14.6. The lowest BCUT2D eigenvalue weighted by Gasteiger charge is -2.48. The minimum atomic E-state index is -4.96. The number of benzene rings is 2. The van der Waals surface area contributed by atoms with Crippen LogP contribution in [0.5, 0.6) is 0 Å². The first-order chi connectivity index (χ1) is 47.7. The molecule has 8 aliphatic carbocycles. The number of fused-ring (bicyclic) bond motifs is 12. The van der Waals surface area contributed by atoms with E-state index in [1.807, 2.05) is 81.4 Å². The van der Waals surface area contributed by atoms with E-state index in [9.17, 15) is 46.7 Å². The second-order valence-electron chi connectivity index (χ2n) is 32.4. The number of Topliss-reactive ketones (excluding diaryl/α,β-unsaturated/α-hetero) is 2. The van der Waals surface area contributed by atoms with Crippen molar-refractivity contribution in [1.82, 2.24) is 31.5 Å². The lowest BCUT2D eigenvalue weighted by atomic mass is 9.56. The zero-order chi connectivity index (χ0) is 70.8. The number of halogens is 3. The Bertz CT molecular complexity index is 3610. The van der Waals surface area contributed by atoms with Gasteiger partial charge < -0.3 is 50.4 Å². The number of alkyl carbamates (subject to hydrolysis) is 2. The lowest BCUT2D eigenvalue weighted by Crippen LogP contribution is -2.57. The first-order valence-corrected chi connectivity index (χ1v) is 37.6. The minimum Gasteiger partial charge on any atom is -0.446 e. The summed E-state index contributed by atoms with van der Waals surface area (Å²) >= 11 is 0. The maximum Gasteiger partial charge on any atom is 0.471 e. The van der Waals surface area contributed by atoms with Crippen LogP contribution in [-0.2, 0) is 55.8 Å². The van der Waals surface area contributed by atoms with Gasteiger partial charge in [0.15, 0.2) is 11.6 Å². The number of nitrogens with zero attached hydrogens (tertiary/aromatic N) is 1. The molecule has 8 fully saturated rings. The van der Waals surface area contributed by atoms with Gasteiger partial charge >= 0.3 is 24.3 Å². The van der Waals surface area contributed by atoms with Gasteiger partial charge in [0.1, 0.15) is 12.2 Å². The number of ketones is 2. The summed E-state index contributed by atoms with van der Waals surface area (Å²) in [6.07, 6.45) is 10.8. The molecule has 0 aromatic heterocycles. The molecular formula is C80H105F3N6O11. The van der Waals surface area contributed by atoms with Crippen molar-refractivity contribution in [2.45, 2.75) is 225 Å². The molecule has 4 heterocycles. The highest BCUT2D eigenvalue weighted by Gasteiger charge is 2.67. The summed E-state index contributed by atoms with van der Waals surface area (Å²) in [7, 11) is 0. The molecule has 20 heteroatoms. The Balaban J connectivity index is 0.000000180. The summed E-state index contributed by atoms with van der Waals surface area (Å²) < 4.78 is 66.6. The summed E-state index contributed by atoms with van der Waals surface area (Å²) in [5, 5.41) is 15.0. The topological polar surface area (TPSA) is 220 Å². The third-order valence-corrected chi connectivity index (χ3v) is 26.8. The fourth-order valence-electron chi connectivity index (χ4n) is 21.8. The summed E-state index contributed by atoms with van der Waals surface area (Å²) in [5.74, 6) is -0.406. The molecule has 17 nitrogen and oxygen atoms in total. The number of alkyl halides is 3. The summed E-state index contributed by atoms with van der Waals surface area (Å²) in [4.78, 5) is 92.6. The van der Waals surface area contributed by atoms with Crippen molar-refractivity contribution < 1.29 is 65.7 Å². The number of rotatable bonds is 14. The summed E-state index contributed by atoms with van der Waals surface area (Å²) in [5.41, 5.74) is 6.77. The van der Waals surface area contributed by atoms with Crippen LogP contribution in [0, 0.1) is 70.0 Å². The lowest BCUT2D eigenvalue weighted by molar-refractivity contribution is -0.192. The fraction of sp³-hybridized carbons (Fsp3) is 0.662. The second kappa shape index (κ2) is 28.5. The molecule has 4 aliphatic heterocycles. The molecule has 20 atom stereocenters. The van der Waals surface area contributed by atoms with Gasteiger partial charge in [-0.2, -0.15) is 13.2 Å². The van der Waals surface area contributed by atoms with Crippen molar-refractivity contribution in [3.8, 4) is 0 Å². The van der Waals surface area contributed by atoms with Crippen LogP contribution in [0.1, 0.15) is 169 Å². The van der Waals surface area contributed by atoms with E-state index in [0.717, 1.165) is 89.8 Å². The Labute approximate surface area is 587 Å². The third-order valence-electron chi connectivity index (χ3n) is 26.8. The average Bonchev–Trinajstić information content (AvgIpc) is 1.54. The molecule has 2 aromatic rings. The Hall–Kier alpha value is -6.64. The zero-order valence-electron chi connectivity index (χ0n) is 59.7. The summed E-state index contributed by atoms with van der Waals surface area (Å²) in [6, 6.07) is 19.4. The second-order valence-corrected chi connectivity index (χ2v) is 32.4. The van der Waals surface area contributed by atoms with E-state index in [2.05, 4.69) is 73.4 Å². The van der Waals surface area contributed by atoms with Crippen molar-refractivity contribution in [1.29, 1.82) is 0 Å². The van der Waals surface area contributed by atoms with Crippen LogP contribution in [0.15, 0.2) is 106 Å². The van der Waals surface area contributed by atoms with Crippen molar-refractivity contribution >= 4 is 41.5 Å². The number of carbonyl (C=O) groups excluding carboxylic acids is 7. The van der Waals surface area contributed by atoms with Crippen LogP contribution in [0.3, 0.4) is 0 Å². The molecule has 2 unspecified atom stereocenters. The van der Waals surface area contributed by atoms with Crippen LogP contribution in [-0.4, -0.2) is 140 Å². The van der Waals surface area contributed by atoms with Gasteiger partial charge in [0, 0.05) is 99.3 Å². The van der Waals surface area contributed by atoms with Crippen molar-refractivity contribution in [3.05, 3.63) is 117 Å². The van der Waals surface area contributed by atoms with Crippen LogP contribution in [0.25, 0.3) is 0 Å². The molecule has 5 amide bonds. The van der Waals surface area contributed by atoms with Gasteiger partial charge in [0.05, 0.1) is 29.5 Å². The smallest absolute Gasteiger partial charge is 0.446 e. The molecule has 542 valence electrons. The Morgan fingerprint density at radius 3 is 1.53 bits per heavy atom. The summed E-state index contributed by atoms with van der Waals surface area (Å²) in [6.45, 7) is 19.3.